The van der Waals surface area contributed by atoms with E-state index >= 15 is 0 Å². The Labute approximate surface area is 121 Å². The predicted molar refractivity (Wildman–Crippen MR) is 80.8 cm³/mol. The number of aryl methyl sites for hydroxylation is 1. The Kier molecular flexibility index (Phi) is 2.54. The van der Waals surface area contributed by atoms with Crippen molar-refractivity contribution in [2.75, 3.05) is 18.9 Å². The summed E-state index contributed by atoms with van der Waals surface area (Å²) < 4.78 is 13.1. The molecule has 0 spiro atoms. The number of fused-ring (bicyclic) bond motifs is 2. The van der Waals surface area contributed by atoms with Crippen LogP contribution in [0.2, 0.25) is 0 Å². The van der Waals surface area contributed by atoms with Gasteiger partial charge in [0.05, 0.1) is 0 Å². The van der Waals surface area contributed by atoms with Crippen molar-refractivity contribution in [1.29, 1.82) is 0 Å². The highest BCUT2D eigenvalue weighted by molar-refractivity contribution is 5.77. The van der Waals surface area contributed by atoms with Crippen LogP contribution in [0.1, 0.15) is 5.56 Å². The number of hydrogen-bond acceptors (Lipinski definition) is 4. The van der Waals surface area contributed by atoms with E-state index < -0.39 is 0 Å². The van der Waals surface area contributed by atoms with Gasteiger partial charge in [-0.2, -0.15) is 0 Å². The highest BCUT2D eigenvalue weighted by atomic mass is 16.6. The topological polar surface area (TPSA) is 61.8 Å². The van der Waals surface area contributed by atoms with Crippen molar-refractivity contribution in [3.05, 3.63) is 42.1 Å². The smallest absolute Gasteiger partial charge is 0.162 e. The molecule has 5 heteroatoms. The van der Waals surface area contributed by atoms with E-state index in [4.69, 9.17) is 15.2 Å². The van der Waals surface area contributed by atoms with Gasteiger partial charge in [-0.1, -0.05) is 6.07 Å². The van der Waals surface area contributed by atoms with Gasteiger partial charge in [-0.3, -0.25) is 4.40 Å². The Morgan fingerprint density at radius 1 is 1.14 bits per heavy atom. The molecular formula is C16H15N3O2. The first-order valence-electron chi connectivity index (χ1n) is 6.87. The molecule has 0 aliphatic carbocycles. The lowest BCUT2D eigenvalue weighted by Gasteiger charge is -2.18. The van der Waals surface area contributed by atoms with Crippen molar-refractivity contribution in [2.45, 2.75) is 6.92 Å². The molecule has 21 heavy (non-hydrogen) atoms. The molecule has 3 aromatic rings. The standard InChI is InChI=1S/C16H15N3O2/c1-10-3-2-6-19-15(17)14(18-16(10)19)11-4-5-12-13(9-11)21-8-7-20-12/h2-6,9H,7-8,17H2,1H3. The molecule has 0 radical (unpaired) electrons. The molecule has 1 aliphatic rings. The van der Waals surface area contributed by atoms with Crippen LogP contribution in [0.3, 0.4) is 0 Å². The van der Waals surface area contributed by atoms with E-state index in [0.717, 1.165) is 34.0 Å². The summed E-state index contributed by atoms with van der Waals surface area (Å²) in [5.74, 6) is 2.14. The van der Waals surface area contributed by atoms with Crippen molar-refractivity contribution in [2.24, 2.45) is 0 Å². The molecule has 5 nitrogen and oxygen atoms in total. The summed E-state index contributed by atoms with van der Waals surface area (Å²) in [6.07, 6.45) is 1.92. The molecule has 2 N–H and O–H groups in total. The highest BCUT2D eigenvalue weighted by Gasteiger charge is 2.17. The highest BCUT2D eigenvalue weighted by Crippen LogP contribution is 2.36. The third kappa shape index (κ3) is 1.81. The monoisotopic (exact) mass is 281 g/mol. The van der Waals surface area contributed by atoms with Crippen molar-refractivity contribution >= 4 is 11.5 Å². The largest absolute Gasteiger partial charge is 0.486 e. The number of benzene rings is 1. The summed E-state index contributed by atoms with van der Waals surface area (Å²) >= 11 is 0. The Morgan fingerprint density at radius 2 is 1.95 bits per heavy atom. The van der Waals surface area contributed by atoms with Gasteiger partial charge in [-0.15, -0.1) is 0 Å². The molecule has 106 valence electrons. The zero-order valence-electron chi connectivity index (χ0n) is 11.7. The van der Waals surface area contributed by atoms with E-state index in [-0.39, 0.29) is 0 Å². The van der Waals surface area contributed by atoms with Gasteiger partial charge in [0.1, 0.15) is 30.4 Å². The summed E-state index contributed by atoms with van der Waals surface area (Å²) in [6, 6.07) is 9.78. The fourth-order valence-corrected chi connectivity index (χ4v) is 2.63. The molecule has 0 amide bonds. The van der Waals surface area contributed by atoms with Gasteiger partial charge >= 0.3 is 0 Å². The summed E-state index contributed by atoms with van der Waals surface area (Å²) in [5, 5.41) is 0. The molecule has 2 aromatic heterocycles. The van der Waals surface area contributed by atoms with Crippen molar-refractivity contribution in [1.82, 2.24) is 9.38 Å². The van der Waals surface area contributed by atoms with Crippen molar-refractivity contribution < 1.29 is 9.47 Å². The predicted octanol–water partition coefficient (Wildman–Crippen LogP) is 2.66. The summed E-state index contributed by atoms with van der Waals surface area (Å²) in [4.78, 5) is 4.67. The molecule has 0 unspecified atom stereocenters. The first-order valence-corrected chi connectivity index (χ1v) is 6.87. The van der Waals surface area contributed by atoms with Gasteiger partial charge in [0.2, 0.25) is 0 Å². The van der Waals surface area contributed by atoms with E-state index in [1.807, 2.05) is 47.9 Å². The number of anilines is 1. The molecule has 0 saturated heterocycles. The number of nitrogens with zero attached hydrogens (tertiary/aromatic N) is 2. The maximum absolute atomic E-state index is 6.24. The molecule has 0 atom stereocenters. The number of hydrogen-bond donors (Lipinski definition) is 1. The van der Waals surface area contributed by atoms with E-state index in [1.54, 1.807) is 0 Å². The van der Waals surface area contributed by atoms with E-state index in [2.05, 4.69) is 4.98 Å². The van der Waals surface area contributed by atoms with Crippen LogP contribution in [0.15, 0.2) is 36.5 Å². The molecule has 0 bridgehead atoms. The fraction of sp³-hybridized carbons (Fsp3) is 0.188. The molecule has 0 saturated carbocycles. The minimum absolute atomic E-state index is 0.566. The van der Waals surface area contributed by atoms with Crippen LogP contribution in [-0.4, -0.2) is 22.6 Å². The third-order valence-corrected chi connectivity index (χ3v) is 3.70. The van der Waals surface area contributed by atoms with Crippen LogP contribution in [0, 0.1) is 6.92 Å². The lowest BCUT2D eigenvalue weighted by molar-refractivity contribution is 0.171. The Hall–Kier alpha value is -2.69. The zero-order valence-corrected chi connectivity index (χ0v) is 11.7. The molecule has 4 rings (SSSR count). The normalized spacial score (nSPS) is 13.6. The fourth-order valence-electron chi connectivity index (χ4n) is 2.63. The van der Waals surface area contributed by atoms with Crippen LogP contribution in [0.5, 0.6) is 11.5 Å². The number of aromatic nitrogens is 2. The summed E-state index contributed by atoms with van der Waals surface area (Å²) in [7, 11) is 0. The van der Waals surface area contributed by atoms with Gasteiger partial charge in [-0.05, 0) is 36.8 Å². The lowest BCUT2D eigenvalue weighted by Crippen LogP contribution is -2.15. The van der Waals surface area contributed by atoms with Crippen LogP contribution >= 0.6 is 0 Å². The van der Waals surface area contributed by atoms with Crippen LogP contribution in [-0.2, 0) is 0 Å². The van der Waals surface area contributed by atoms with E-state index in [0.29, 0.717) is 19.0 Å². The molecule has 1 aromatic carbocycles. The molecular weight excluding hydrogens is 266 g/mol. The van der Waals surface area contributed by atoms with Crippen LogP contribution < -0.4 is 15.2 Å². The van der Waals surface area contributed by atoms with Gasteiger partial charge in [0.15, 0.2) is 11.5 Å². The average molecular weight is 281 g/mol. The second-order valence-electron chi connectivity index (χ2n) is 5.09. The maximum atomic E-state index is 6.24. The second-order valence-corrected chi connectivity index (χ2v) is 5.09. The van der Waals surface area contributed by atoms with Gasteiger partial charge in [0, 0.05) is 11.8 Å². The minimum Gasteiger partial charge on any atom is -0.486 e. The number of pyridine rings is 1. The number of rotatable bonds is 1. The Balaban J connectivity index is 1.90. The van der Waals surface area contributed by atoms with Gasteiger partial charge in [-0.25, -0.2) is 4.98 Å². The van der Waals surface area contributed by atoms with E-state index in [1.165, 1.54) is 0 Å². The van der Waals surface area contributed by atoms with Crippen molar-refractivity contribution in [3.8, 4) is 22.8 Å². The average Bonchev–Trinajstić information content (AvgIpc) is 2.86. The van der Waals surface area contributed by atoms with Gasteiger partial charge in [0.25, 0.3) is 0 Å². The number of nitrogen functional groups attached to an aromatic ring is 1. The van der Waals surface area contributed by atoms with Gasteiger partial charge < -0.3 is 15.2 Å². The van der Waals surface area contributed by atoms with E-state index in [9.17, 15) is 0 Å². The Bertz CT molecular complexity index is 839. The maximum Gasteiger partial charge on any atom is 0.162 e. The van der Waals surface area contributed by atoms with Crippen LogP contribution in [0.4, 0.5) is 5.82 Å². The number of nitrogens with two attached hydrogens (primary N) is 1. The minimum atomic E-state index is 0.566. The third-order valence-electron chi connectivity index (χ3n) is 3.70. The number of ether oxygens (including phenoxy) is 2. The summed E-state index contributed by atoms with van der Waals surface area (Å²) in [5.41, 5.74) is 9.91. The van der Waals surface area contributed by atoms with Crippen LogP contribution in [0.25, 0.3) is 16.9 Å². The second kappa shape index (κ2) is 4.41. The zero-order chi connectivity index (χ0) is 14.4. The first-order chi connectivity index (χ1) is 10.2. The van der Waals surface area contributed by atoms with Crippen molar-refractivity contribution in [3.63, 3.8) is 0 Å². The molecule has 1 aliphatic heterocycles. The lowest BCUT2D eigenvalue weighted by atomic mass is 10.1. The first kappa shape index (κ1) is 12.1. The Morgan fingerprint density at radius 3 is 2.76 bits per heavy atom. The molecule has 0 fully saturated rings. The summed E-state index contributed by atoms with van der Waals surface area (Å²) in [6.45, 7) is 3.17. The SMILES string of the molecule is Cc1cccn2c(N)c(-c3ccc4c(c3)OCCO4)nc12. The number of imidazole rings is 1. The molecule has 3 heterocycles. The quantitative estimate of drug-likeness (QED) is 0.745.